The van der Waals surface area contributed by atoms with Crippen LogP contribution in [0.5, 0.6) is 0 Å². The van der Waals surface area contributed by atoms with Crippen molar-refractivity contribution in [3.8, 4) is 0 Å². The van der Waals surface area contributed by atoms with Gasteiger partial charge in [-0.15, -0.1) is 11.3 Å². The zero-order valence-corrected chi connectivity index (χ0v) is 13.7. The number of sulfonamides is 1. The SMILES string of the molecule is O=S(=O)(NCc1sccc1Br)c1cnn(CCCO)c1. The quantitative estimate of drug-likeness (QED) is 0.764. The Labute approximate surface area is 129 Å². The van der Waals surface area contributed by atoms with Crippen LogP contribution in [0.2, 0.25) is 0 Å². The van der Waals surface area contributed by atoms with Crippen LogP contribution in [-0.4, -0.2) is 29.9 Å². The molecule has 0 spiro atoms. The van der Waals surface area contributed by atoms with E-state index in [-0.39, 0.29) is 18.0 Å². The van der Waals surface area contributed by atoms with Crippen LogP contribution >= 0.6 is 27.3 Å². The molecule has 2 heterocycles. The van der Waals surface area contributed by atoms with Crippen LogP contribution in [-0.2, 0) is 23.1 Å². The van der Waals surface area contributed by atoms with E-state index in [9.17, 15) is 8.42 Å². The molecule has 2 aromatic rings. The van der Waals surface area contributed by atoms with Crippen molar-refractivity contribution in [3.63, 3.8) is 0 Å². The van der Waals surface area contributed by atoms with Gasteiger partial charge >= 0.3 is 0 Å². The molecular formula is C11H14BrN3O3S2. The second kappa shape index (κ2) is 6.81. The topological polar surface area (TPSA) is 84.2 Å². The number of aliphatic hydroxyl groups excluding tert-OH is 1. The zero-order chi connectivity index (χ0) is 14.6. The number of hydrogen-bond donors (Lipinski definition) is 2. The molecule has 0 aliphatic carbocycles. The molecule has 2 rings (SSSR count). The van der Waals surface area contributed by atoms with Crippen molar-refractivity contribution in [2.75, 3.05) is 6.61 Å². The molecule has 6 nitrogen and oxygen atoms in total. The number of thiophene rings is 1. The minimum absolute atomic E-state index is 0.0482. The molecule has 20 heavy (non-hydrogen) atoms. The van der Waals surface area contributed by atoms with Crippen LogP contribution in [0, 0.1) is 0 Å². The lowest BCUT2D eigenvalue weighted by Gasteiger charge is -2.03. The van der Waals surface area contributed by atoms with E-state index < -0.39 is 10.0 Å². The first-order valence-corrected chi connectivity index (χ1v) is 9.03. The molecule has 0 fully saturated rings. The van der Waals surface area contributed by atoms with E-state index in [1.54, 1.807) is 0 Å². The number of rotatable bonds is 7. The number of hydrogen-bond acceptors (Lipinski definition) is 5. The standard InChI is InChI=1S/C11H14BrN3O3S2/c12-10-2-5-19-11(10)7-14-20(17,18)9-6-13-15(8-9)3-1-4-16/h2,5-6,8,14,16H,1,3-4,7H2. The molecule has 9 heteroatoms. The van der Waals surface area contributed by atoms with E-state index in [0.717, 1.165) is 9.35 Å². The number of nitrogens with one attached hydrogen (secondary N) is 1. The van der Waals surface area contributed by atoms with Gasteiger partial charge in [-0.3, -0.25) is 4.68 Å². The van der Waals surface area contributed by atoms with Gasteiger partial charge in [0.05, 0.1) is 6.20 Å². The number of aliphatic hydroxyl groups is 1. The summed E-state index contributed by atoms with van der Waals surface area (Å²) in [4.78, 5) is 1.05. The fourth-order valence-corrected chi connectivity index (χ4v) is 4.00. The normalized spacial score (nSPS) is 11.9. The Hall–Kier alpha value is -0.740. The Balaban J connectivity index is 2.03. The maximum atomic E-state index is 12.1. The van der Waals surface area contributed by atoms with E-state index in [2.05, 4.69) is 25.8 Å². The molecule has 0 aliphatic rings. The van der Waals surface area contributed by atoms with Crippen LogP contribution in [0.25, 0.3) is 0 Å². The van der Waals surface area contributed by atoms with Crippen molar-refractivity contribution in [1.82, 2.24) is 14.5 Å². The Bertz CT molecular complexity index is 666. The molecule has 0 saturated heterocycles. The minimum atomic E-state index is -3.57. The lowest BCUT2D eigenvalue weighted by molar-refractivity contribution is 0.277. The van der Waals surface area contributed by atoms with Crippen LogP contribution in [0.15, 0.2) is 33.2 Å². The van der Waals surface area contributed by atoms with Crippen molar-refractivity contribution < 1.29 is 13.5 Å². The average molecular weight is 380 g/mol. The van der Waals surface area contributed by atoms with E-state index >= 15 is 0 Å². The number of aryl methyl sites for hydroxylation is 1. The number of aromatic nitrogens is 2. The molecule has 0 aliphatic heterocycles. The van der Waals surface area contributed by atoms with E-state index in [1.807, 2.05) is 11.4 Å². The van der Waals surface area contributed by atoms with Crippen molar-refractivity contribution >= 4 is 37.3 Å². The monoisotopic (exact) mass is 379 g/mol. The molecule has 2 N–H and O–H groups in total. The second-order valence-corrected chi connectivity index (χ2v) is 7.65. The van der Waals surface area contributed by atoms with E-state index in [1.165, 1.54) is 28.4 Å². The predicted octanol–water partition coefficient (Wildman–Crippen LogP) is 1.57. The third-order valence-corrected chi connectivity index (χ3v) is 5.86. The Morgan fingerprint density at radius 2 is 2.30 bits per heavy atom. The highest BCUT2D eigenvalue weighted by atomic mass is 79.9. The third-order valence-electron chi connectivity index (χ3n) is 2.58. The lowest BCUT2D eigenvalue weighted by atomic mass is 10.5. The van der Waals surface area contributed by atoms with Crippen molar-refractivity contribution in [2.45, 2.75) is 24.4 Å². The fourth-order valence-electron chi connectivity index (χ4n) is 1.53. The summed E-state index contributed by atoms with van der Waals surface area (Å²) >= 11 is 4.84. The summed E-state index contributed by atoms with van der Waals surface area (Å²) in [7, 11) is -3.57. The van der Waals surface area contributed by atoms with E-state index in [0.29, 0.717) is 13.0 Å². The highest BCUT2D eigenvalue weighted by Gasteiger charge is 2.17. The summed E-state index contributed by atoms with van der Waals surface area (Å²) in [6.07, 6.45) is 3.31. The van der Waals surface area contributed by atoms with Gasteiger partial charge < -0.3 is 5.11 Å². The van der Waals surface area contributed by atoms with Gasteiger partial charge in [0, 0.05) is 35.2 Å². The third kappa shape index (κ3) is 3.89. The van der Waals surface area contributed by atoms with Gasteiger partial charge in [0.2, 0.25) is 10.0 Å². The summed E-state index contributed by atoms with van der Waals surface area (Å²) in [5, 5.41) is 14.6. The summed E-state index contributed by atoms with van der Waals surface area (Å²) in [6.45, 7) is 0.775. The molecular weight excluding hydrogens is 366 g/mol. The largest absolute Gasteiger partial charge is 0.396 e. The van der Waals surface area contributed by atoms with Crippen molar-refractivity contribution in [1.29, 1.82) is 0 Å². The number of nitrogens with zero attached hydrogens (tertiary/aromatic N) is 2. The van der Waals surface area contributed by atoms with Crippen molar-refractivity contribution in [3.05, 3.63) is 33.2 Å². The molecule has 110 valence electrons. The fraction of sp³-hybridized carbons (Fsp3) is 0.364. The minimum Gasteiger partial charge on any atom is -0.396 e. The van der Waals surface area contributed by atoms with Gasteiger partial charge in [-0.25, -0.2) is 13.1 Å². The van der Waals surface area contributed by atoms with Gasteiger partial charge in [0.1, 0.15) is 4.90 Å². The summed E-state index contributed by atoms with van der Waals surface area (Å²) in [6, 6.07) is 1.88. The first-order chi connectivity index (χ1) is 9.53. The molecule has 0 atom stereocenters. The molecule has 0 amide bonds. The zero-order valence-electron chi connectivity index (χ0n) is 10.5. The summed E-state index contributed by atoms with van der Waals surface area (Å²) in [5.74, 6) is 0. The lowest BCUT2D eigenvalue weighted by Crippen LogP contribution is -2.22. The summed E-state index contributed by atoms with van der Waals surface area (Å²) < 4.78 is 29.1. The maximum absolute atomic E-state index is 12.1. The molecule has 0 bridgehead atoms. The van der Waals surface area contributed by atoms with E-state index in [4.69, 9.17) is 5.11 Å². The molecule has 0 aromatic carbocycles. The van der Waals surface area contributed by atoms with Crippen LogP contribution in [0.4, 0.5) is 0 Å². The highest BCUT2D eigenvalue weighted by Crippen LogP contribution is 2.22. The van der Waals surface area contributed by atoms with Gasteiger partial charge in [0.25, 0.3) is 0 Å². The molecule has 0 radical (unpaired) electrons. The van der Waals surface area contributed by atoms with Gasteiger partial charge in [-0.1, -0.05) is 0 Å². The first-order valence-electron chi connectivity index (χ1n) is 5.88. The molecule has 0 unspecified atom stereocenters. The van der Waals surface area contributed by atoms with Crippen LogP contribution in [0.3, 0.4) is 0 Å². The maximum Gasteiger partial charge on any atom is 0.244 e. The smallest absolute Gasteiger partial charge is 0.244 e. The van der Waals surface area contributed by atoms with Gasteiger partial charge in [0.15, 0.2) is 0 Å². The molecule has 2 aromatic heterocycles. The Kier molecular flexibility index (Phi) is 5.33. The highest BCUT2D eigenvalue weighted by molar-refractivity contribution is 9.10. The summed E-state index contributed by atoms with van der Waals surface area (Å²) in [5.41, 5.74) is 0. The van der Waals surface area contributed by atoms with Gasteiger partial charge in [-0.05, 0) is 33.8 Å². The average Bonchev–Trinajstić information content (AvgIpc) is 3.03. The van der Waals surface area contributed by atoms with Crippen LogP contribution in [0.1, 0.15) is 11.3 Å². The Morgan fingerprint density at radius 1 is 1.50 bits per heavy atom. The first kappa shape index (κ1) is 15.6. The van der Waals surface area contributed by atoms with Crippen LogP contribution < -0.4 is 4.72 Å². The number of halogens is 1. The second-order valence-electron chi connectivity index (χ2n) is 4.03. The molecule has 0 saturated carbocycles. The van der Waals surface area contributed by atoms with Crippen molar-refractivity contribution in [2.24, 2.45) is 0 Å². The van der Waals surface area contributed by atoms with Gasteiger partial charge in [-0.2, -0.15) is 5.10 Å². The predicted molar refractivity (Wildman–Crippen MR) is 80.0 cm³/mol. The Morgan fingerprint density at radius 3 is 2.95 bits per heavy atom.